The third-order valence-electron chi connectivity index (χ3n) is 6.17. The molecule has 0 aromatic heterocycles. The molecule has 2 rings (SSSR count). The third-order valence-corrected chi connectivity index (χ3v) is 6.17. The molecule has 238 valence electrons. The Bertz CT molecular complexity index is 1130. The van der Waals surface area contributed by atoms with Crippen molar-refractivity contribution in [1.82, 2.24) is 10.6 Å². The number of nitrogens with one attached hydrogen (secondary N) is 2. The van der Waals surface area contributed by atoms with Crippen LogP contribution in [0.5, 0.6) is 0 Å². The van der Waals surface area contributed by atoms with Gasteiger partial charge in [-0.2, -0.15) is 0 Å². The molecule has 1 fully saturated rings. The van der Waals surface area contributed by atoms with Crippen molar-refractivity contribution in [2.24, 2.45) is 5.73 Å². The summed E-state index contributed by atoms with van der Waals surface area (Å²) < 4.78 is 32.5. The van der Waals surface area contributed by atoms with Crippen molar-refractivity contribution >= 4 is 35.7 Å². The van der Waals surface area contributed by atoms with Crippen LogP contribution in [0.2, 0.25) is 0 Å². The molecule has 1 aromatic carbocycles. The molecule has 2 amide bonds. The number of benzene rings is 1. The number of likely N-dealkylation sites (N-methyl/N-ethyl adjacent to an activating group) is 1. The molecule has 15 heteroatoms. The molecule has 0 bridgehead atoms. The molecule has 0 spiro atoms. The van der Waals surface area contributed by atoms with Crippen LogP contribution in [0, 0.1) is 0 Å². The summed E-state index contributed by atoms with van der Waals surface area (Å²) in [5.74, 6) is -4.10. The van der Waals surface area contributed by atoms with Crippen molar-refractivity contribution in [2.45, 2.75) is 89.9 Å². The van der Waals surface area contributed by atoms with Gasteiger partial charge in [-0.25, -0.2) is 0 Å². The summed E-state index contributed by atoms with van der Waals surface area (Å²) in [6.45, 7) is 4.49. The zero-order valence-corrected chi connectivity index (χ0v) is 24.7. The van der Waals surface area contributed by atoms with E-state index in [1.165, 1.54) is 14.0 Å². The van der Waals surface area contributed by atoms with Crippen LogP contribution in [0.3, 0.4) is 0 Å². The first-order chi connectivity index (χ1) is 20.3. The Morgan fingerprint density at radius 1 is 0.884 bits per heavy atom. The number of nitrogens with two attached hydrogens (primary N) is 1. The van der Waals surface area contributed by atoms with Gasteiger partial charge >= 0.3 is 23.9 Å². The molecule has 0 saturated carbocycles. The zero-order valence-electron chi connectivity index (χ0n) is 24.7. The number of ether oxygens (including phenoxy) is 6. The molecule has 4 N–H and O–H groups in total. The first kappa shape index (κ1) is 35.1. The van der Waals surface area contributed by atoms with Crippen LogP contribution < -0.4 is 16.4 Å². The van der Waals surface area contributed by atoms with E-state index in [-0.39, 0.29) is 19.4 Å². The van der Waals surface area contributed by atoms with Crippen LogP contribution in [-0.4, -0.2) is 92.1 Å². The van der Waals surface area contributed by atoms with Crippen LogP contribution in [-0.2, 0) is 63.8 Å². The maximum atomic E-state index is 12.8. The molecule has 15 nitrogen and oxygen atoms in total. The van der Waals surface area contributed by atoms with E-state index in [4.69, 9.17) is 34.2 Å². The van der Waals surface area contributed by atoms with Crippen molar-refractivity contribution < 1.29 is 57.2 Å². The predicted molar refractivity (Wildman–Crippen MR) is 146 cm³/mol. The molecule has 1 heterocycles. The minimum atomic E-state index is -1.38. The molecule has 0 radical (unpaired) electrons. The van der Waals surface area contributed by atoms with Gasteiger partial charge in [0.05, 0.1) is 12.7 Å². The van der Waals surface area contributed by atoms with Gasteiger partial charge in [0.15, 0.2) is 24.6 Å². The lowest BCUT2D eigenvalue weighted by molar-refractivity contribution is -0.301. The lowest BCUT2D eigenvalue weighted by atomic mass is 9.99. The number of carbonyl (C=O) groups is 6. The van der Waals surface area contributed by atoms with Gasteiger partial charge in [0.25, 0.3) is 0 Å². The Labute approximate surface area is 249 Å². The summed E-state index contributed by atoms with van der Waals surface area (Å²) in [5.41, 5.74) is 6.80. The molecular formula is C28H39N3O12. The van der Waals surface area contributed by atoms with E-state index in [1.807, 2.05) is 18.2 Å². The predicted octanol–water partition coefficient (Wildman–Crippen LogP) is -0.375. The fourth-order valence-corrected chi connectivity index (χ4v) is 4.17. The van der Waals surface area contributed by atoms with E-state index in [2.05, 4.69) is 10.6 Å². The second-order valence-corrected chi connectivity index (χ2v) is 9.73. The average Bonchev–Trinajstić information content (AvgIpc) is 2.95. The molecule has 43 heavy (non-hydrogen) atoms. The highest BCUT2D eigenvalue weighted by Crippen LogP contribution is 2.29. The standard InChI is InChI=1S/C28H39N3O12/c1-15-23(41-16(2)32)24(42-17(3)33)25(43-18(4)34)28(40-15)39-14-20(29)26(36)31-21(27(37)30-5)11-12-22(35)38-13-19-9-7-6-8-10-19/h6-10,15,20-21,23-25,28H,11-14,29H2,1-5H3,(H,30,37)(H,31,36)/t15-,20+,21-,23+,24+,25-,28-/m0/s1. The van der Waals surface area contributed by atoms with Crippen LogP contribution in [0.1, 0.15) is 46.1 Å². The molecule has 1 aromatic rings. The average molecular weight is 610 g/mol. The number of amides is 2. The summed E-state index contributed by atoms with van der Waals surface area (Å²) in [7, 11) is 1.37. The SMILES string of the molecule is CNC(=O)[C@H](CCC(=O)OCc1ccccc1)NC(=O)[C@H](N)CO[C@H]1O[C@@H](C)[C@@H](OC(C)=O)[C@@H](OC(C)=O)[C@@H]1OC(C)=O. The summed E-state index contributed by atoms with van der Waals surface area (Å²) in [4.78, 5) is 72.7. The Balaban J connectivity index is 2.02. The smallest absolute Gasteiger partial charge is 0.306 e. The van der Waals surface area contributed by atoms with Crippen molar-refractivity contribution in [2.75, 3.05) is 13.7 Å². The Kier molecular flexibility index (Phi) is 14.0. The summed E-state index contributed by atoms with van der Waals surface area (Å²) in [5, 5.41) is 4.90. The molecule has 7 atom stereocenters. The highest BCUT2D eigenvalue weighted by Gasteiger charge is 2.51. The molecule has 1 aliphatic heterocycles. The number of esters is 4. The van der Waals surface area contributed by atoms with E-state index in [0.717, 1.165) is 26.3 Å². The largest absolute Gasteiger partial charge is 0.461 e. The van der Waals surface area contributed by atoms with Gasteiger partial charge in [0, 0.05) is 34.2 Å². The first-order valence-corrected chi connectivity index (χ1v) is 13.6. The Morgan fingerprint density at radius 3 is 2.05 bits per heavy atom. The quantitative estimate of drug-likeness (QED) is 0.182. The number of rotatable bonds is 14. The van der Waals surface area contributed by atoms with Crippen LogP contribution in [0.25, 0.3) is 0 Å². The van der Waals surface area contributed by atoms with Crippen molar-refractivity contribution in [1.29, 1.82) is 0 Å². The molecule has 0 aliphatic carbocycles. The fraction of sp³-hybridized carbons (Fsp3) is 0.571. The van der Waals surface area contributed by atoms with Gasteiger partial charge in [-0.3, -0.25) is 28.8 Å². The normalized spacial score (nSPS) is 22.7. The maximum Gasteiger partial charge on any atom is 0.306 e. The summed E-state index contributed by atoms with van der Waals surface area (Å²) >= 11 is 0. The molecule has 0 unspecified atom stereocenters. The molecule has 1 aliphatic rings. The minimum Gasteiger partial charge on any atom is -0.461 e. The lowest BCUT2D eigenvalue weighted by Crippen LogP contribution is -2.61. The fourth-order valence-electron chi connectivity index (χ4n) is 4.17. The van der Waals surface area contributed by atoms with E-state index in [9.17, 15) is 28.8 Å². The number of hydrogen-bond acceptors (Lipinski definition) is 13. The molecule has 1 saturated heterocycles. The van der Waals surface area contributed by atoms with Gasteiger partial charge in [0.1, 0.15) is 18.7 Å². The number of carbonyl (C=O) groups excluding carboxylic acids is 6. The third kappa shape index (κ3) is 11.6. The first-order valence-electron chi connectivity index (χ1n) is 13.6. The van der Waals surface area contributed by atoms with E-state index >= 15 is 0 Å². The van der Waals surface area contributed by atoms with Crippen LogP contribution in [0.4, 0.5) is 0 Å². The zero-order chi connectivity index (χ0) is 32.1. The Hall–Kier alpha value is -4.08. The van der Waals surface area contributed by atoms with Crippen LogP contribution >= 0.6 is 0 Å². The van der Waals surface area contributed by atoms with Gasteiger partial charge < -0.3 is 44.8 Å². The highest BCUT2D eigenvalue weighted by atomic mass is 16.7. The van der Waals surface area contributed by atoms with Crippen molar-refractivity contribution in [3.05, 3.63) is 35.9 Å². The van der Waals surface area contributed by atoms with Gasteiger partial charge in [0.2, 0.25) is 11.8 Å². The highest BCUT2D eigenvalue weighted by molar-refractivity contribution is 5.90. The second-order valence-electron chi connectivity index (χ2n) is 9.73. The van der Waals surface area contributed by atoms with Gasteiger partial charge in [-0.15, -0.1) is 0 Å². The Morgan fingerprint density at radius 2 is 1.47 bits per heavy atom. The lowest BCUT2D eigenvalue weighted by Gasteiger charge is -2.43. The maximum absolute atomic E-state index is 12.8. The van der Waals surface area contributed by atoms with Gasteiger partial charge in [-0.1, -0.05) is 30.3 Å². The topological polar surface area (TPSA) is 208 Å². The summed E-state index contributed by atoms with van der Waals surface area (Å²) in [6, 6.07) is 6.60. The van der Waals surface area contributed by atoms with E-state index in [1.54, 1.807) is 12.1 Å². The van der Waals surface area contributed by atoms with Crippen molar-refractivity contribution in [3.63, 3.8) is 0 Å². The minimum absolute atomic E-state index is 0.0635. The monoisotopic (exact) mass is 609 g/mol. The van der Waals surface area contributed by atoms with Crippen LogP contribution in [0.15, 0.2) is 30.3 Å². The van der Waals surface area contributed by atoms with Gasteiger partial charge in [-0.05, 0) is 18.9 Å². The second kappa shape index (κ2) is 17.1. The van der Waals surface area contributed by atoms with Crippen molar-refractivity contribution in [3.8, 4) is 0 Å². The number of hydrogen-bond donors (Lipinski definition) is 3. The van der Waals surface area contributed by atoms with E-state index in [0.29, 0.717) is 0 Å². The summed E-state index contributed by atoms with van der Waals surface area (Å²) in [6.07, 6.45) is -6.27. The van der Waals surface area contributed by atoms with E-state index < -0.39 is 85.1 Å². The molecular weight excluding hydrogens is 570 g/mol.